The van der Waals surface area contributed by atoms with E-state index in [2.05, 4.69) is 45.1 Å². The van der Waals surface area contributed by atoms with Crippen LogP contribution in [0.4, 0.5) is 5.69 Å². The lowest BCUT2D eigenvalue weighted by Crippen LogP contribution is -2.26. The van der Waals surface area contributed by atoms with Crippen molar-refractivity contribution < 1.29 is 4.74 Å². The van der Waals surface area contributed by atoms with Crippen LogP contribution >= 0.6 is 0 Å². The van der Waals surface area contributed by atoms with Gasteiger partial charge < -0.3 is 10.1 Å². The Morgan fingerprint density at radius 3 is 2.19 bits per heavy atom. The summed E-state index contributed by atoms with van der Waals surface area (Å²) in [4.78, 5) is 0. The molecule has 2 nitrogen and oxygen atoms in total. The van der Waals surface area contributed by atoms with E-state index in [-0.39, 0.29) is 6.10 Å². The summed E-state index contributed by atoms with van der Waals surface area (Å²) >= 11 is 0. The molecule has 0 fully saturated rings. The molecule has 0 unspecified atom stereocenters. The highest BCUT2D eigenvalue weighted by Crippen LogP contribution is 2.22. The first-order valence-electron chi connectivity index (χ1n) is 7.63. The van der Waals surface area contributed by atoms with Gasteiger partial charge in [0.15, 0.2) is 0 Å². The topological polar surface area (TPSA) is 21.3 Å². The van der Waals surface area contributed by atoms with Gasteiger partial charge in [-0.05, 0) is 50.5 Å². The molecule has 1 atom stereocenters. The van der Waals surface area contributed by atoms with Crippen molar-refractivity contribution in [3.05, 3.63) is 59.2 Å². The number of ether oxygens (including phenoxy) is 1. The maximum Gasteiger partial charge on any atom is 0.119 e. The number of hydrogen-bond donors (Lipinski definition) is 1. The summed E-state index contributed by atoms with van der Waals surface area (Å²) in [6.07, 6.45) is 1.15. The SMILES string of the molecule is CC[C@@H](CNc1c(C)cc(C)cc1C)Oc1ccccc1. The van der Waals surface area contributed by atoms with E-state index in [9.17, 15) is 0 Å². The molecule has 0 aliphatic rings. The molecule has 2 aromatic rings. The van der Waals surface area contributed by atoms with Gasteiger partial charge in [0, 0.05) is 5.69 Å². The second-order valence-corrected chi connectivity index (χ2v) is 5.62. The fourth-order valence-corrected chi connectivity index (χ4v) is 2.64. The number of nitrogens with one attached hydrogen (secondary N) is 1. The molecule has 2 heteroatoms. The van der Waals surface area contributed by atoms with Crippen LogP contribution in [0.2, 0.25) is 0 Å². The smallest absolute Gasteiger partial charge is 0.119 e. The lowest BCUT2D eigenvalue weighted by molar-refractivity contribution is 0.210. The minimum Gasteiger partial charge on any atom is -0.489 e. The molecule has 1 N–H and O–H groups in total. The number of hydrogen-bond acceptors (Lipinski definition) is 2. The molecule has 0 saturated carbocycles. The molecular weight excluding hydrogens is 258 g/mol. The Balaban J connectivity index is 2.00. The molecule has 0 spiro atoms. The van der Waals surface area contributed by atoms with Crippen LogP contribution in [-0.4, -0.2) is 12.6 Å². The first kappa shape index (κ1) is 15.4. The molecule has 112 valence electrons. The average molecular weight is 283 g/mol. The molecule has 21 heavy (non-hydrogen) atoms. The molecular formula is C19H25NO. The van der Waals surface area contributed by atoms with E-state index in [1.54, 1.807) is 0 Å². The molecule has 0 heterocycles. The lowest BCUT2D eigenvalue weighted by Gasteiger charge is -2.21. The third kappa shape index (κ3) is 4.25. The van der Waals surface area contributed by atoms with Gasteiger partial charge in [-0.15, -0.1) is 0 Å². The number of benzene rings is 2. The van der Waals surface area contributed by atoms with Gasteiger partial charge in [-0.2, -0.15) is 0 Å². The second kappa shape index (κ2) is 7.16. The van der Waals surface area contributed by atoms with Gasteiger partial charge >= 0.3 is 0 Å². The van der Waals surface area contributed by atoms with E-state index in [0.29, 0.717) is 0 Å². The van der Waals surface area contributed by atoms with Crippen LogP contribution in [0, 0.1) is 20.8 Å². The highest BCUT2D eigenvalue weighted by atomic mass is 16.5. The summed E-state index contributed by atoms with van der Waals surface area (Å²) in [7, 11) is 0. The van der Waals surface area contributed by atoms with Gasteiger partial charge in [0.25, 0.3) is 0 Å². The quantitative estimate of drug-likeness (QED) is 0.815. The normalized spacial score (nSPS) is 12.0. The maximum absolute atomic E-state index is 6.03. The highest BCUT2D eigenvalue weighted by Gasteiger charge is 2.10. The monoisotopic (exact) mass is 283 g/mol. The second-order valence-electron chi connectivity index (χ2n) is 5.62. The maximum atomic E-state index is 6.03. The fourth-order valence-electron chi connectivity index (χ4n) is 2.64. The molecule has 2 aromatic carbocycles. The first-order valence-corrected chi connectivity index (χ1v) is 7.63. The predicted molar refractivity (Wildman–Crippen MR) is 90.3 cm³/mol. The van der Waals surface area contributed by atoms with Crippen LogP contribution in [-0.2, 0) is 0 Å². The summed E-state index contributed by atoms with van der Waals surface area (Å²) in [6.45, 7) is 9.42. The molecule has 2 rings (SSSR count). The van der Waals surface area contributed by atoms with Crippen molar-refractivity contribution in [1.29, 1.82) is 0 Å². The van der Waals surface area contributed by atoms with E-state index in [1.165, 1.54) is 22.4 Å². The van der Waals surface area contributed by atoms with Crippen molar-refractivity contribution in [2.45, 2.75) is 40.2 Å². The van der Waals surface area contributed by atoms with Crippen molar-refractivity contribution in [2.75, 3.05) is 11.9 Å². The minimum atomic E-state index is 0.174. The van der Waals surface area contributed by atoms with Gasteiger partial charge in [-0.3, -0.25) is 0 Å². The van der Waals surface area contributed by atoms with Crippen molar-refractivity contribution in [2.24, 2.45) is 0 Å². The number of para-hydroxylation sites is 1. The largest absolute Gasteiger partial charge is 0.489 e. The van der Waals surface area contributed by atoms with Crippen LogP contribution in [0.15, 0.2) is 42.5 Å². The van der Waals surface area contributed by atoms with Crippen LogP contribution in [0.1, 0.15) is 30.0 Å². The Bertz CT molecular complexity index is 554. The Morgan fingerprint density at radius 2 is 1.62 bits per heavy atom. The number of rotatable bonds is 6. The van der Waals surface area contributed by atoms with E-state index >= 15 is 0 Å². The summed E-state index contributed by atoms with van der Waals surface area (Å²) in [5.74, 6) is 0.934. The summed E-state index contributed by atoms with van der Waals surface area (Å²) in [5.41, 5.74) is 5.13. The average Bonchev–Trinajstić information content (AvgIpc) is 2.46. The molecule has 0 aromatic heterocycles. The first-order chi connectivity index (χ1) is 10.1. The summed E-state index contributed by atoms with van der Waals surface area (Å²) in [5, 5.41) is 3.55. The molecule has 0 aliphatic heterocycles. The van der Waals surface area contributed by atoms with E-state index < -0.39 is 0 Å². The molecule has 0 aliphatic carbocycles. The van der Waals surface area contributed by atoms with E-state index in [4.69, 9.17) is 4.74 Å². The van der Waals surface area contributed by atoms with Crippen molar-refractivity contribution in [3.63, 3.8) is 0 Å². The van der Waals surface area contributed by atoms with Gasteiger partial charge in [-0.1, -0.05) is 42.8 Å². The summed E-state index contributed by atoms with van der Waals surface area (Å²) < 4.78 is 6.03. The molecule has 0 bridgehead atoms. The Labute approximate surface area is 128 Å². The van der Waals surface area contributed by atoms with Gasteiger partial charge in [-0.25, -0.2) is 0 Å². The number of anilines is 1. The third-order valence-electron chi connectivity index (χ3n) is 3.68. The van der Waals surface area contributed by atoms with Gasteiger partial charge in [0.05, 0.1) is 6.54 Å². The van der Waals surface area contributed by atoms with E-state index in [1.807, 2.05) is 30.3 Å². The predicted octanol–water partition coefficient (Wildman–Crippen LogP) is 4.88. The van der Waals surface area contributed by atoms with Crippen LogP contribution in [0.25, 0.3) is 0 Å². The van der Waals surface area contributed by atoms with Crippen LogP contribution in [0.3, 0.4) is 0 Å². The number of aryl methyl sites for hydroxylation is 3. The lowest BCUT2D eigenvalue weighted by atomic mass is 10.0. The van der Waals surface area contributed by atoms with Gasteiger partial charge in [0.2, 0.25) is 0 Å². The molecule has 0 amide bonds. The molecule has 0 saturated heterocycles. The highest BCUT2D eigenvalue weighted by molar-refractivity contribution is 5.58. The summed E-state index contributed by atoms with van der Waals surface area (Å²) in [6, 6.07) is 14.5. The Morgan fingerprint density at radius 1 is 1.00 bits per heavy atom. The third-order valence-corrected chi connectivity index (χ3v) is 3.68. The fraction of sp³-hybridized carbons (Fsp3) is 0.368. The van der Waals surface area contributed by atoms with Crippen molar-refractivity contribution >= 4 is 5.69 Å². The zero-order valence-electron chi connectivity index (χ0n) is 13.4. The van der Waals surface area contributed by atoms with E-state index in [0.717, 1.165) is 18.7 Å². The molecule has 0 radical (unpaired) electrons. The zero-order valence-corrected chi connectivity index (χ0v) is 13.4. The zero-order chi connectivity index (χ0) is 15.2. The van der Waals surface area contributed by atoms with Crippen molar-refractivity contribution in [1.82, 2.24) is 0 Å². The van der Waals surface area contributed by atoms with Crippen LogP contribution in [0.5, 0.6) is 5.75 Å². The van der Waals surface area contributed by atoms with Crippen molar-refractivity contribution in [3.8, 4) is 5.75 Å². The van der Waals surface area contributed by atoms with Gasteiger partial charge in [0.1, 0.15) is 11.9 Å². The minimum absolute atomic E-state index is 0.174. The standard InChI is InChI=1S/C19H25NO/c1-5-17(21-18-9-7-6-8-10-18)13-20-19-15(3)11-14(2)12-16(19)4/h6-12,17,20H,5,13H2,1-4H3/t17-/m0/s1. The van der Waals surface area contributed by atoms with Crippen LogP contribution < -0.4 is 10.1 Å². The Kier molecular flexibility index (Phi) is 5.26. The Hall–Kier alpha value is -1.96.